The topological polar surface area (TPSA) is 72.9 Å². The average molecular weight is 751 g/mol. The van der Waals surface area contributed by atoms with Gasteiger partial charge in [0.25, 0.3) is 5.56 Å². The highest BCUT2D eigenvalue weighted by Gasteiger charge is 2.17. The van der Waals surface area contributed by atoms with Gasteiger partial charge in [0, 0.05) is 55.8 Å². The molecule has 0 bridgehead atoms. The number of hydrogen-bond donors (Lipinski definition) is 0. The van der Waals surface area contributed by atoms with Crippen molar-refractivity contribution in [2.45, 2.75) is 6.61 Å². The Morgan fingerprint density at radius 1 is 0.952 bits per heavy atom. The van der Waals surface area contributed by atoms with E-state index in [4.69, 9.17) is 14.1 Å². The zero-order valence-corrected chi connectivity index (χ0v) is 27.3. The lowest BCUT2D eigenvalue weighted by atomic mass is 10.2. The normalized spacial score (nSPS) is 11.5. The molecule has 7 nitrogen and oxygen atoms in total. The highest BCUT2D eigenvalue weighted by molar-refractivity contribution is 9.11. The molecule has 0 saturated carbocycles. The molecule has 4 aromatic carbocycles. The van der Waals surface area contributed by atoms with E-state index < -0.39 is 0 Å². The summed E-state index contributed by atoms with van der Waals surface area (Å²) in [6.45, 7) is 0.336. The third-order valence-corrected chi connectivity index (χ3v) is 8.40. The molecule has 0 aliphatic heterocycles. The van der Waals surface area contributed by atoms with Crippen LogP contribution in [0.4, 0.5) is 5.69 Å². The van der Waals surface area contributed by atoms with Gasteiger partial charge in [-0.05, 0) is 60.7 Å². The number of aromatic nitrogens is 2. The quantitative estimate of drug-likeness (QED) is 0.153. The van der Waals surface area contributed by atoms with Crippen LogP contribution in [-0.4, -0.2) is 30.0 Å². The summed E-state index contributed by atoms with van der Waals surface area (Å²) in [5, 5.41) is 5.98. The molecule has 0 N–H and O–H groups in total. The summed E-state index contributed by atoms with van der Waals surface area (Å²) >= 11 is 10.6. The third-order valence-electron chi connectivity index (χ3n) is 6.68. The van der Waals surface area contributed by atoms with E-state index in [0.717, 1.165) is 30.1 Å². The molecule has 0 unspecified atom stereocenters. The van der Waals surface area contributed by atoms with Gasteiger partial charge in [0.1, 0.15) is 17.9 Å². The van der Waals surface area contributed by atoms with E-state index >= 15 is 0 Å². The zero-order valence-electron chi connectivity index (χ0n) is 22.5. The van der Waals surface area contributed by atoms with Crippen molar-refractivity contribution in [3.8, 4) is 17.3 Å². The Bertz CT molecular complexity index is 2050. The highest BCUT2D eigenvalue weighted by Crippen LogP contribution is 2.30. The maximum Gasteiger partial charge on any atom is 0.282 e. The Morgan fingerprint density at radius 2 is 1.74 bits per heavy atom. The number of fused-ring (bicyclic) bond motifs is 2. The molecule has 42 heavy (non-hydrogen) atoms. The molecule has 6 aromatic rings. The van der Waals surface area contributed by atoms with Crippen LogP contribution in [0.15, 0.2) is 113 Å². The van der Waals surface area contributed by atoms with Crippen molar-refractivity contribution in [3.63, 3.8) is 0 Å². The number of hydrogen-bond acceptors (Lipinski definition) is 6. The molecular formula is C32H23Br3N4O3. The van der Waals surface area contributed by atoms with Gasteiger partial charge >= 0.3 is 0 Å². The Balaban J connectivity index is 1.45. The van der Waals surface area contributed by atoms with Crippen LogP contribution in [0.25, 0.3) is 33.5 Å². The molecule has 0 radical (unpaired) electrons. The lowest BCUT2D eigenvalue weighted by Gasteiger charge is -2.16. The third kappa shape index (κ3) is 5.79. The van der Waals surface area contributed by atoms with Crippen LogP contribution in [0.5, 0.6) is 5.75 Å². The lowest BCUT2D eigenvalue weighted by molar-refractivity contribution is 0.305. The zero-order chi connectivity index (χ0) is 29.4. The fourth-order valence-corrected chi connectivity index (χ4v) is 6.00. The summed E-state index contributed by atoms with van der Waals surface area (Å²) in [6, 6.07) is 26.6. The number of halogens is 3. The molecule has 0 amide bonds. The van der Waals surface area contributed by atoms with E-state index in [1.54, 1.807) is 18.3 Å². The van der Waals surface area contributed by atoms with Gasteiger partial charge in [-0.1, -0.05) is 66.0 Å². The summed E-state index contributed by atoms with van der Waals surface area (Å²) < 4.78 is 16.5. The number of furan rings is 1. The summed E-state index contributed by atoms with van der Waals surface area (Å²) in [7, 11) is 3.94. The predicted molar refractivity (Wildman–Crippen MR) is 179 cm³/mol. The van der Waals surface area contributed by atoms with Gasteiger partial charge in [0.2, 0.25) is 5.82 Å². The molecule has 210 valence electrons. The molecule has 2 aromatic heterocycles. The molecule has 10 heteroatoms. The largest absolute Gasteiger partial charge is 0.488 e. The van der Waals surface area contributed by atoms with Gasteiger partial charge in [0.15, 0.2) is 5.76 Å². The standard InChI is InChI=1S/C32H23Br3N4O3/c1-38(2)24-11-8-19(29(16-24)41-18-20-7-9-23(34)15-26(20)35)17-36-39-31(37-27-6-4-3-5-25(27)32(39)40)30-14-21-13-22(33)10-12-28(21)42-30/h3-17H,18H2,1-2H3. The highest BCUT2D eigenvalue weighted by atomic mass is 79.9. The maximum atomic E-state index is 13.7. The second-order valence-corrected chi connectivity index (χ2v) is 12.4. The van der Waals surface area contributed by atoms with Gasteiger partial charge in [-0.25, -0.2) is 4.98 Å². The first-order valence-corrected chi connectivity index (χ1v) is 15.3. The number of ether oxygens (including phenoxy) is 1. The average Bonchev–Trinajstić information content (AvgIpc) is 3.39. The number of para-hydroxylation sites is 1. The van der Waals surface area contributed by atoms with E-state index in [0.29, 0.717) is 46.0 Å². The second kappa shape index (κ2) is 11.9. The van der Waals surface area contributed by atoms with Crippen molar-refractivity contribution < 1.29 is 9.15 Å². The summed E-state index contributed by atoms with van der Waals surface area (Å²) in [5.74, 6) is 1.35. The van der Waals surface area contributed by atoms with Crippen LogP contribution in [-0.2, 0) is 6.61 Å². The number of benzene rings is 4. The van der Waals surface area contributed by atoms with Gasteiger partial charge in [-0.2, -0.15) is 9.78 Å². The van der Waals surface area contributed by atoms with Crippen molar-refractivity contribution in [2.24, 2.45) is 5.10 Å². The van der Waals surface area contributed by atoms with Crippen LogP contribution in [0.2, 0.25) is 0 Å². The van der Waals surface area contributed by atoms with Gasteiger partial charge in [-0.15, -0.1) is 0 Å². The van der Waals surface area contributed by atoms with Crippen molar-refractivity contribution in [3.05, 3.63) is 120 Å². The minimum absolute atomic E-state index is 0.299. The molecule has 0 spiro atoms. The second-order valence-electron chi connectivity index (χ2n) is 9.75. The lowest BCUT2D eigenvalue weighted by Crippen LogP contribution is -2.20. The minimum Gasteiger partial charge on any atom is -0.488 e. The molecule has 0 aliphatic carbocycles. The first-order chi connectivity index (χ1) is 20.3. The first kappa shape index (κ1) is 28.4. The predicted octanol–water partition coefficient (Wildman–Crippen LogP) is 8.62. The molecular weight excluding hydrogens is 728 g/mol. The van der Waals surface area contributed by atoms with Crippen LogP contribution in [0.3, 0.4) is 0 Å². The van der Waals surface area contributed by atoms with Gasteiger partial charge < -0.3 is 14.1 Å². The molecule has 2 heterocycles. The number of nitrogens with zero attached hydrogens (tertiary/aromatic N) is 4. The fraction of sp³-hybridized carbons (Fsp3) is 0.0938. The summed E-state index contributed by atoms with van der Waals surface area (Å²) in [6.07, 6.45) is 1.62. The van der Waals surface area contributed by atoms with Crippen LogP contribution in [0.1, 0.15) is 11.1 Å². The van der Waals surface area contributed by atoms with E-state index in [1.807, 2.05) is 91.8 Å². The van der Waals surface area contributed by atoms with E-state index in [1.165, 1.54) is 4.68 Å². The number of rotatable bonds is 7. The molecule has 0 saturated heterocycles. The fourth-order valence-electron chi connectivity index (χ4n) is 4.46. The Labute approximate surface area is 266 Å². The Morgan fingerprint density at radius 3 is 2.55 bits per heavy atom. The van der Waals surface area contributed by atoms with E-state index in [-0.39, 0.29) is 5.56 Å². The van der Waals surface area contributed by atoms with Crippen molar-refractivity contribution in [1.82, 2.24) is 9.66 Å². The van der Waals surface area contributed by atoms with Crippen molar-refractivity contribution in [2.75, 3.05) is 19.0 Å². The monoisotopic (exact) mass is 748 g/mol. The van der Waals surface area contributed by atoms with E-state index in [9.17, 15) is 4.79 Å². The van der Waals surface area contributed by atoms with Gasteiger partial charge in [0.05, 0.1) is 17.1 Å². The van der Waals surface area contributed by atoms with Crippen LogP contribution >= 0.6 is 47.8 Å². The van der Waals surface area contributed by atoms with Crippen molar-refractivity contribution >= 4 is 81.6 Å². The SMILES string of the molecule is CN(C)c1ccc(C=Nn2c(-c3cc4cc(Br)ccc4o3)nc3ccccc3c2=O)c(OCc2ccc(Br)cc2Br)c1. The van der Waals surface area contributed by atoms with Crippen LogP contribution < -0.4 is 15.2 Å². The van der Waals surface area contributed by atoms with Gasteiger partial charge in [-0.3, -0.25) is 4.79 Å². The summed E-state index contributed by atoms with van der Waals surface area (Å²) in [4.78, 5) is 20.5. The Hall–Kier alpha value is -3.73. The van der Waals surface area contributed by atoms with Crippen LogP contribution in [0, 0.1) is 0 Å². The van der Waals surface area contributed by atoms with Crippen molar-refractivity contribution in [1.29, 1.82) is 0 Å². The molecule has 6 rings (SSSR count). The smallest absolute Gasteiger partial charge is 0.282 e. The summed E-state index contributed by atoms with van der Waals surface area (Å²) in [5.41, 5.74) is 3.60. The number of anilines is 1. The Kier molecular flexibility index (Phi) is 8.02. The molecule has 0 fully saturated rings. The molecule has 0 aliphatic rings. The molecule has 0 atom stereocenters. The first-order valence-electron chi connectivity index (χ1n) is 12.9. The maximum absolute atomic E-state index is 13.7. The minimum atomic E-state index is -0.306. The van der Waals surface area contributed by atoms with E-state index in [2.05, 4.69) is 52.9 Å².